The molecule has 0 aromatic heterocycles. The van der Waals surface area contributed by atoms with Crippen LogP contribution in [0, 0.1) is 0 Å². The summed E-state index contributed by atoms with van der Waals surface area (Å²) in [6, 6.07) is 0. The topological polar surface area (TPSA) is 90.2 Å². The molecule has 1 aliphatic rings. The fourth-order valence-electron chi connectivity index (χ4n) is 1.06. The van der Waals surface area contributed by atoms with Crippen molar-refractivity contribution in [1.29, 1.82) is 0 Å². The first kappa shape index (κ1) is 10.2. The standard InChI is InChI=1S/C6H11ClO5/c7-3-2(1-8)12-6(11)5(10)4(3)9/h2-6,8-11H,1H2/t2-,3-,4+,5-,6+/m1/s1. The van der Waals surface area contributed by atoms with Gasteiger partial charge in [-0.15, -0.1) is 11.6 Å². The third-order valence-electron chi connectivity index (χ3n) is 1.82. The molecule has 1 aliphatic heterocycles. The highest BCUT2D eigenvalue weighted by Gasteiger charge is 2.42. The summed E-state index contributed by atoms with van der Waals surface area (Å²) in [5.74, 6) is 0. The number of hydrogen-bond acceptors (Lipinski definition) is 5. The zero-order valence-electron chi connectivity index (χ0n) is 6.17. The number of hydrogen-bond donors (Lipinski definition) is 4. The van der Waals surface area contributed by atoms with Gasteiger partial charge in [0.05, 0.1) is 12.0 Å². The van der Waals surface area contributed by atoms with Gasteiger partial charge in [-0.1, -0.05) is 0 Å². The number of aliphatic hydroxyl groups is 4. The summed E-state index contributed by atoms with van der Waals surface area (Å²) in [5, 5.41) is 35.0. The molecule has 5 nitrogen and oxygen atoms in total. The van der Waals surface area contributed by atoms with Gasteiger partial charge in [-0.3, -0.25) is 0 Å². The Bertz CT molecular complexity index is 150. The summed E-state index contributed by atoms with van der Waals surface area (Å²) in [4.78, 5) is 0. The Morgan fingerprint density at radius 3 is 2.25 bits per heavy atom. The van der Waals surface area contributed by atoms with Crippen LogP contribution in [0.2, 0.25) is 0 Å². The summed E-state index contributed by atoms with van der Waals surface area (Å²) in [7, 11) is 0. The van der Waals surface area contributed by atoms with Crippen LogP contribution in [0.5, 0.6) is 0 Å². The van der Waals surface area contributed by atoms with Crippen molar-refractivity contribution in [2.45, 2.75) is 30.0 Å². The van der Waals surface area contributed by atoms with Crippen molar-refractivity contribution in [2.75, 3.05) is 6.61 Å². The van der Waals surface area contributed by atoms with E-state index in [1.54, 1.807) is 0 Å². The number of alkyl halides is 1. The first-order valence-electron chi connectivity index (χ1n) is 3.52. The molecule has 4 N–H and O–H groups in total. The fourth-order valence-corrected chi connectivity index (χ4v) is 1.34. The third kappa shape index (κ3) is 1.71. The van der Waals surface area contributed by atoms with Gasteiger partial charge in [0.1, 0.15) is 18.3 Å². The fraction of sp³-hybridized carbons (Fsp3) is 1.00. The predicted octanol–water partition coefficient (Wildman–Crippen LogP) is -1.97. The van der Waals surface area contributed by atoms with Crippen LogP contribution < -0.4 is 0 Å². The number of rotatable bonds is 1. The van der Waals surface area contributed by atoms with Crippen molar-refractivity contribution < 1.29 is 25.2 Å². The summed E-state index contributed by atoms with van der Waals surface area (Å²) >= 11 is 5.59. The molecule has 0 bridgehead atoms. The van der Waals surface area contributed by atoms with Crippen LogP contribution >= 0.6 is 11.6 Å². The van der Waals surface area contributed by atoms with Crippen LogP contribution in [0.4, 0.5) is 0 Å². The molecule has 5 atom stereocenters. The van der Waals surface area contributed by atoms with E-state index in [4.69, 9.17) is 31.7 Å². The largest absolute Gasteiger partial charge is 0.394 e. The average molecular weight is 199 g/mol. The molecule has 0 aliphatic carbocycles. The van der Waals surface area contributed by atoms with Crippen LogP contribution in [0.1, 0.15) is 0 Å². The Kier molecular flexibility index (Phi) is 3.28. The minimum absolute atomic E-state index is 0.408. The Morgan fingerprint density at radius 1 is 1.17 bits per heavy atom. The molecule has 0 aromatic rings. The molecule has 0 unspecified atom stereocenters. The monoisotopic (exact) mass is 198 g/mol. The highest BCUT2D eigenvalue weighted by Crippen LogP contribution is 2.23. The lowest BCUT2D eigenvalue weighted by Crippen LogP contribution is -2.56. The molecule has 6 heteroatoms. The van der Waals surface area contributed by atoms with Gasteiger partial charge in [0, 0.05) is 0 Å². The van der Waals surface area contributed by atoms with Crippen molar-refractivity contribution in [3.8, 4) is 0 Å². The molecule has 0 spiro atoms. The van der Waals surface area contributed by atoms with Gasteiger partial charge in [0.15, 0.2) is 6.29 Å². The van der Waals surface area contributed by atoms with Crippen molar-refractivity contribution in [2.24, 2.45) is 0 Å². The summed E-state index contributed by atoms with van der Waals surface area (Å²) < 4.78 is 4.69. The van der Waals surface area contributed by atoms with Gasteiger partial charge in [0.25, 0.3) is 0 Å². The van der Waals surface area contributed by atoms with Gasteiger partial charge in [-0.25, -0.2) is 0 Å². The van der Waals surface area contributed by atoms with E-state index in [1.807, 2.05) is 0 Å². The maximum atomic E-state index is 9.19. The van der Waals surface area contributed by atoms with E-state index >= 15 is 0 Å². The van der Waals surface area contributed by atoms with Crippen LogP contribution in [-0.4, -0.2) is 57.0 Å². The molecule has 1 rings (SSSR count). The number of ether oxygens (including phenoxy) is 1. The van der Waals surface area contributed by atoms with Gasteiger partial charge in [-0.05, 0) is 0 Å². The smallest absolute Gasteiger partial charge is 0.183 e. The van der Waals surface area contributed by atoms with Crippen LogP contribution in [0.15, 0.2) is 0 Å². The summed E-state index contributed by atoms with van der Waals surface area (Å²) in [5.41, 5.74) is 0. The minimum Gasteiger partial charge on any atom is -0.394 e. The molecule has 0 aromatic carbocycles. The van der Waals surface area contributed by atoms with Crippen LogP contribution in [0.25, 0.3) is 0 Å². The molecule has 0 radical (unpaired) electrons. The zero-order valence-corrected chi connectivity index (χ0v) is 6.92. The summed E-state index contributed by atoms with van der Waals surface area (Å²) in [6.07, 6.45) is -5.05. The van der Waals surface area contributed by atoms with Crippen molar-refractivity contribution in [1.82, 2.24) is 0 Å². The Morgan fingerprint density at radius 2 is 1.75 bits per heavy atom. The third-order valence-corrected chi connectivity index (χ3v) is 2.36. The summed E-state index contributed by atoms with van der Waals surface area (Å²) in [6.45, 7) is -0.408. The lowest BCUT2D eigenvalue weighted by Gasteiger charge is -2.37. The van der Waals surface area contributed by atoms with E-state index in [2.05, 4.69) is 0 Å². The maximum absolute atomic E-state index is 9.19. The van der Waals surface area contributed by atoms with E-state index in [0.717, 1.165) is 0 Å². The highest BCUT2D eigenvalue weighted by molar-refractivity contribution is 6.21. The lowest BCUT2D eigenvalue weighted by molar-refractivity contribution is -0.249. The number of aliphatic hydroxyl groups excluding tert-OH is 4. The van der Waals surface area contributed by atoms with Crippen molar-refractivity contribution in [3.63, 3.8) is 0 Å². The Hall–Kier alpha value is 0.0900. The van der Waals surface area contributed by atoms with Crippen molar-refractivity contribution in [3.05, 3.63) is 0 Å². The van der Waals surface area contributed by atoms with Gasteiger partial charge in [-0.2, -0.15) is 0 Å². The molecule has 1 fully saturated rings. The predicted molar refractivity (Wildman–Crippen MR) is 39.6 cm³/mol. The average Bonchev–Trinajstić information content (AvgIpc) is 2.08. The van der Waals surface area contributed by atoms with Crippen LogP contribution in [0.3, 0.4) is 0 Å². The second-order valence-electron chi connectivity index (χ2n) is 2.67. The minimum atomic E-state index is -1.49. The molecule has 0 saturated carbocycles. The zero-order chi connectivity index (χ0) is 9.30. The number of halogens is 1. The molecule has 12 heavy (non-hydrogen) atoms. The van der Waals surface area contributed by atoms with E-state index in [1.165, 1.54) is 0 Å². The van der Waals surface area contributed by atoms with Gasteiger partial charge < -0.3 is 25.2 Å². The first-order valence-corrected chi connectivity index (χ1v) is 3.96. The second-order valence-corrected chi connectivity index (χ2v) is 3.18. The molecular formula is C6H11ClO5. The second kappa shape index (κ2) is 3.87. The normalized spacial score (nSPS) is 49.2. The van der Waals surface area contributed by atoms with E-state index in [-0.39, 0.29) is 0 Å². The maximum Gasteiger partial charge on any atom is 0.183 e. The quantitative estimate of drug-likeness (QED) is 0.367. The molecule has 1 saturated heterocycles. The van der Waals surface area contributed by atoms with Crippen molar-refractivity contribution >= 4 is 11.6 Å². The first-order chi connectivity index (χ1) is 5.57. The molecule has 72 valence electrons. The highest BCUT2D eigenvalue weighted by atomic mass is 35.5. The molecule has 0 amide bonds. The van der Waals surface area contributed by atoms with E-state index in [0.29, 0.717) is 0 Å². The molecular weight excluding hydrogens is 188 g/mol. The Labute approximate surface area is 74.2 Å². The van der Waals surface area contributed by atoms with Crippen LogP contribution in [-0.2, 0) is 4.74 Å². The van der Waals surface area contributed by atoms with E-state index in [9.17, 15) is 5.11 Å². The van der Waals surface area contributed by atoms with Gasteiger partial charge in [0.2, 0.25) is 0 Å². The SMILES string of the molecule is OC[C@H]1O[C@H](O)[C@H](O)[C@@H](O)[C@@H]1Cl. The van der Waals surface area contributed by atoms with Gasteiger partial charge >= 0.3 is 0 Å². The molecule has 1 heterocycles. The Balaban J connectivity index is 2.63. The lowest BCUT2D eigenvalue weighted by atomic mass is 10.0. The van der Waals surface area contributed by atoms with E-state index < -0.39 is 36.6 Å².